The van der Waals surface area contributed by atoms with E-state index < -0.39 is 0 Å². The molecule has 0 radical (unpaired) electrons. The van der Waals surface area contributed by atoms with Gasteiger partial charge in [0.05, 0.1) is 4.83 Å². The largest absolute Gasteiger partial charge is 0.325 e. The van der Waals surface area contributed by atoms with E-state index in [4.69, 9.17) is 0 Å². The monoisotopic (exact) mass is 241 g/mol. The number of carbonyl (C=O) groups is 1. The van der Waals surface area contributed by atoms with Gasteiger partial charge in [-0.05, 0) is 18.6 Å². The number of halogens is 1. The SMILES string of the molecule is CCC(Br)C(=O)Nc1ccccc1. The van der Waals surface area contributed by atoms with E-state index >= 15 is 0 Å². The summed E-state index contributed by atoms with van der Waals surface area (Å²) < 4.78 is 0. The van der Waals surface area contributed by atoms with Crippen LogP contribution in [0, 0.1) is 0 Å². The molecule has 70 valence electrons. The third-order valence-corrected chi connectivity index (χ3v) is 2.75. The molecule has 1 aromatic carbocycles. The molecule has 1 atom stereocenters. The number of nitrogens with one attached hydrogen (secondary N) is 1. The molecule has 0 heterocycles. The Morgan fingerprint density at radius 3 is 2.62 bits per heavy atom. The van der Waals surface area contributed by atoms with Gasteiger partial charge in [0.1, 0.15) is 0 Å². The first kappa shape index (κ1) is 10.3. The molecule has 0 saturated heterocycles. The highest BCUT2D eigenvalue weighted by atomic mass is 79.9. The zero-order valence-electron chi connectivity index (χ0n) is 7.46. The van der Waals surface area contributed by atoms with Crippen molar-refractivity contribution in [2.45, 2.75) is 18.2 Å². The molecule has 0 aromatic heterocycles. The summed E-state index contributed by atoms with van der Waals surface area (Å²) in [6.07, 6.45) is 0.790. The van der Waals surface area contributed by atoms with E-state index in [9.17, 15) is 4.79 Å². The molecule has 1 aromatic rings. The Morgan fingerprint density at radius 1 is 1.46 bits per heavy atom. The Balaban J connectivity index is 2.55. The number of hydrogen-bond donors (Lipinski definition) is 1. The van der Waals surface area contributed by atoms with Gasteiger partial charge in [-0.1, -0.05) is 41.1 Å². The van der Waals surface area contributed by atoms with Gasteiger partial charge >= 0.3 is 0 Å². The van der Waals surface area contributed by atoms with E-state index in [-0.39, 0.29) is 10.7 Å². The van der Waals surface area contributed by atoms with Gasteiger partial charge in [0.15, 0.2) is 0 Å². The minimum atomic E-state index is -0.104. The van der Waals surface area contributed by atoms with E-state index in [1.165, 1.54) is 0 Å². The van der Waals surface area contributed by atoms with Crippen molar-refractivity contribution in [3.8, 4) is 0 Å². The second-order valence-electron chi connectivity index (χ2n) is 2.73. The predicted octanol–water partition coefficient (Wildman–Crippen LogP) is 2.80. The second-order valence-corrected chi connectivity index (χ2v) is 3.84. The minimum absolute atomic E-state index is 0.00806. The zero-order valence-corrected chi connectivity index (χ0v) is 9.04. The molecule has 0 saturated carbocycles. The van der Waals surface area contributed by atoms with Gasteiger partial charge in [0.2, 0.25) is 5.91 Å². The molecule has 1 amide bonds. The number of carbonyl (C=O) groups excluding carboxylic acids is 1. The number of benzene rings is 1. The van der Waals surface area contributed by atoms with Gasteiger partial charge in [-0.2, -0.15) is 0 Å². The van der Waals surface area contributed by atoms with Crippen LogP contribution in [0.3, 0.4) is 0 Å². The Morgan fingerprint density at radius 2 is 2.08 bits per heavy atom. The smallest absolute Gasteiger partial charge is 0.238 e. The van der Waals surface area contributed by atoms with Crippen molar-refractivity contribution in [3.63, 3.8) is 0 Å². The molecule has 0 aliphatic rings. The summed E-state index contributed by atoms with van der Waals surface area (Å²) >= 11 is 3.29. The Hall–Kier alpha value is -0.830. The Kier molecular flexibility index (Phi) is 3.96. The van der Waals surface area contributed by atoms with Crippen molar-refractivity contribution < 1.29 is 4.79 Å². The lowest BCUT2D eigenvalue weighted by atomic mass is 10.3. The van der Waals surface area contributed by atoms with E-state index in [0.29, 0.717) is 0 Å². The lowest BCUT2D eigenvalue weighted by Crippen LogP contribution is -2.21. The molecule has 3 heteroatoms. The number of para-hydroxylation sites is 1. The third kappa shape index (κ3) is 3.19. The fourth-order valence-corrected chi connectivity index (χ4v) is 1.04. The first-order valence-electron chi connectivity index (χ1n) is 4.24. The van der Waals surface area contributed by atoms with Crippen molar-refractivity contribution >= 4 is 27.5 Å². The van der Waals surface area contributed by atoms with Crippen molar-refractivity contribution in [1.82, 2.24) is 0 Å². The van der Waals surface area contributed by atoms with E-state index in [0.717, 1.165) is 12.1 Å². The fraction of sp³-hybridized carbons (Fsp3) is 0.300. The highest BCUT2D eigenvalue weighted by Crippen LogP contribution is 2.10. The summed E-state index contributed by atoms with van der Waals surface area (Å²) in [5.41, 5.74) is 0.838. The van der Waals surface area contributed by atoms with Crippen LogP contribution in [-0.2, 0) is 4.79 Å². The van der Waals surface area contributed by atoms with Gasteiger partial charge in [0, 0.05) is 5.69 Å². The second kappa shape index (κ2) is 5.02. The van der Waals surface area contributed by atoms with Gasteiger partial charge in [-0.15, -0.1) is 0 Å². The number of amides is 1. The maximum atomic E-state index is 11.4. The van der Waals surface area contributed by atoms with Crippen LogP contribution >= 0.6 is 15.9 Å². The maximum Gasteiger partial charge on any atom is 0.238 e. The lowest BCUT2D eigenvalue weighted by Gasteiger charge is -2.07. The number of hydrogen-bond acceptors (Lipinski definition) is 1. The molecule has 2 nitrogen and oxygen atoms in total. The van der Waals surface area contributed by atoms with Crippen LogP contribution in [0.1, 0.15) is 13.3 Å². The van der Waals surface area contributed by atoms with Crippen LogP contribution in [-0.4, -0.2) is 10.7 Å². The lowest BCUT2D eigenvalue weighted by molar-refractivity contribution is -0.115. The van der Waals surface area contributed by atoms with Gasteiger partial charge < -0.3 is 5.32 Å². The van der Waals surface area contributed by atoms with Crippen molar-refractivity contribution in [3.05, 3.63) is 30.3 Å². The van der Waals surface area contributed by atoms with Crippen molar-refractivity contribution in [1.29, 1.82) is 0 Å². The number of rotatable bonds is 3. The average Bonchev–Trinajstić information content (AvgIpc) is 2.18. The van der Waals surface area contributed by atoms with Crippen LogP contribution in [0.25, 0.3) is 0 Å². The predicted molar refractivity (Wildman–Crippen MR) is 58.1 cm³/mol. The summed E-state index contributed by atoms with van der Waals surface area (Å²) in [4.78, 5) is 11.3. The van der Waals surface area contributed by atoms with E-state index in [1.807, 2.05) is 37.3 Å². The maximum absolute atomic E-state index is 11.4. The highest BCUT2D eigenvalue weighted by Gasteiger charge is 2.11. The molecule has 1 N–H and O–H groups in total. The summed E-state index contributed by atoms with van der Waals surface area (Å²) in [6.45, 7) is 1.96. The molecule has 0 spiro atoms. The first-order chi connectivity index (χ1) is 6.24. The summed E-state index contributed by atoms with van der Waals surface area (Å²) in [5, 5.41) is 2.81. The third-order valence-electron chi connectivity index (χ3n) is 1.68. The van der Waals surface area contributed by atoms with Crippen LogP contribution in [0.4, 0.5) is 5.69 Å². The molecule has 0 aliphatic carbocycles. The Bertz CT molecular complexity index is 274. The van der Waals surface area contributed by atoms with E-state index in [2.05, 4.69) is 21.2 Å². The zero-order chi connectivity index (χ0) is 9.68. The molecular formula is C10H12BrNO. The van der Waals surface area contributed by atoms with Crippen LogP contribution in [0.5, 0.6) is 0 Å². The summed E-state index contributed by atoms with van der Waals surface area (Å²) in [6, 6.07) is 9.44. The minimum Gasteiger partial charge on any atom is -0.325 e. The summed E-state index contributed by atoms with van der Waals surface area (Å²) in [7, 11) is 0. The van der Waals surface area contributed by atoms with Gasteiger partial charge in [0.25, 0.3) is 0 Å². The van der Waals surface area contributed by atoms with Crippen LogP contribution in [0.2, 0.25) is 0 Å². The van der Waals surface area contributed by atoms with E-state index in [1.54, 1.807) is 0 Å². The molecule has 0 aliphatic heterocycles. The number of anilines is 1. The standard InChI is InChI=1S/C10H12BrNO/c1-2-9(11)10(13)12-8-6-4-3-5-7-8/h3-7,9H,2H2,1H3,(H,12,13). The molecular weight excluding hydrogens is 230 g/mol. The van der Waals surface area contributed by atoms with Crippen LogP contribution in [0.15, 0.2) is 30.3 Å². The van der Waals surface area contributed by atoms with Gasteiger partial charge in [-0.3, -0.25) is 4.79 Å². The molecule has 13 heavy (non-hydrogen) atoms. The number of alkyl halides is 1. The quantitative estimate of drug-likeness (QED) is 0.811. The fourth-order valence-electron chi connectivity index (χ4n) is 0.927. The van der Waals surface area contributed by atoms with Crippen molar-refractivity contribution in [2.75, 3.05) is 5.32 Å². The summed E-state index contributed by atoms with van der Waals surface area (Å²) in [5.74, 6) is 0.00806. The molecule has 1 rings (SSSR count). The van der Waals surface area contributed by atoms with Crippen molar-refractivity contribution in [2.24, 2.45) is 0 Å². The highest BCUT2D eigenvalue weighted by molar-refractivity contribution is 9.10. The van der Waals surface area contributed by atoms with Crippen LogP contribution < -0.4 is 5.32 Å². The molecule has 0 fully saturated rings. The topological polar surface area (TPSA) is 29.1 Å². The first-order valence-corrected chi connectivity index (χ1v) is 5.15. The van der Waals surface area contributed by atoms with Gasteiger partial charge in [-0.25, -0.2) is 0 Å². The average molecular weight is 242 g/mol. The normalized spacial score (nSPS) is 12.2. The molecule has 1 unspecified atom stereocenters. The molecule has 0 bridgehead atoms. The Labute approximate surface area is 86.5 Å².